The van der Waals surface area contributed by atoms with Gasteiger partial charge >= 0.3 is 0 Å². The van der Waals surface area contributed by atoms with Gasteiger partial charge in [0.25, 0.3) is 0 Å². The number of rotatable bonds is 3. The standard InChI is InChI=1S/C17H20BrN3O/c1-12-10-14(18)5-6-15(12)19-17(22)11-21-9-8-20-7-3-4-16(20)13(21)2/h3-7,10,13H,8-9,11H2,1-2H3,(H,19,22)/t13-/m1/s1. The lowest BCUT2D eigenvalue weighted by Gasteiger charge is -2.34. The maximum absolute atomic E-state index is 12.3. The molecular weight excluding hydrogens is 342 g/mol. The molecule has 0 saturated heterocycles. The molecule has 0 saturated carbocycles. The van der Waals surface area contributed by atoms with E-state index in [0.717, 1.165) is 28.8 Å². The first-order valence-electron chi connectivity index (χ1n) is 7.49. The van der Waals surface area contributed by atoms with Gasteiger partial charge in [-0.2, -0.15) is 0 Å². The van der Waals surface area contributed by atoms with Crippen molar-refractivity contribution < 1.29 is 4.79 Å². The number of carbonyl (C=O) groups is 1. The van der Waals surface area contributed by atoms with Crippen molar-refractivity contribution >= 4 is 27.5 Å². The van der Waals surface area contributed by atoms with Gasteiger partial charge in [-0.05, 0) is 49.7 Å². The van der Waals surface area contributed by atoms with Crippen molar-refractivity contribution in [3.8, 4) is 0 Å². The number of hydrogen-bond acceptors (Lipinski definition) is 2. The summed E-state index contributed by atoms with van der Waals surface area (Å²) >= 11 is 3.44. The lowest BCUT2D eigenvalue weighted by atomic mass is 10.1. The van der Waals surface area contributed by atoms with Gasteiger partial charge in [0.15, 0.2) is 0 Å². The number of hydrogen-bond donors (Lipinski definition) is 1. The Morgan fingerprint density at radius 3 is 2.95 bits per heavy atom. The molecule has 116 valence electrons. The van der Waals surface area contributed by atoms with Gasteiger partial charge in [0.1, 0.15) is 0 Å². The van der Waals surface area contributed by atoms with E-state index in [0.29, 0.717) is 6.54 Å². The zero-order chi connectivity index (χ0) is 15.7. The maximum Gasteiger partial charge on any atom is 0.238 e. The molecule has 1 aromatic heterocycles. The van der Waals surface area contributed by atoms with Gasteiger partial charge in [-0.3, -0.25) is 9.69 Å². The van der Waals surface area contributed by atoms with Crippen LogP contribution in [0.2, 0.25) is 0 Å². The van der Waals surface area contributed by atoms with E-state index in [1.165, 1.54) is 5.69 Å². The van der Waals surface area contributed by atoms with Crippen LogP contribution in [0.5, 0.6) is 0 Å². The molecule has 0 radical (unpaired) electrons. The SMILES string of the molecule is Cc1cc(Br)ccc1NC(=O)CN1CCn2cccc2[C@H]1C. The molecule has 1 amide bonds. The Morgan fingerprint density at radius 2 is 2.18 bits per heavy atom. The second-order valence-corrected chi connectivity index (χ2v) is 6.70. The Balaban J connectivity index is 1.65. The van der Waals surface area contributed by atoms with Gasteiger partial charge in [-0.15, -0.1) is 0 Å². The molecule has 2 heterocycles. The van der Waals surface area contributed by atoms with Crippen molar-refractivity contribution in [2.75, 3.05) is 18.4 Å². The summed E-state index contributed by atoms with van der Waals surface area (Å²) in [6, 6.07) is 10.3. The fraction of sp³-hybridized carbons (Fsp3) is 0.353. The molecule has 22 heavy (non-hydrogen) atoms. The van der Waals surface area contributed by atoms with Crippen LogP contribution in [0.3, 0.4) is 0 Å². The third kappa shape index (κ3) is 3.10. The molecule has 0 unspecified atom stereocenters. The molecule has 0 spiro atoms. The van der Waals surface area contributed by atoms with Gasteiger partial charge in [-0.25, -0.2) is 0 Å². The van der Waals surface area contributed by atoms with Crippen molar-refractivity contribution in [1.82, 2.24) is 9.47 Å². The fourth-order valence-corrected chi connectivity index (χ4v) is 3.46. The highest BCUT2D eigenvalue weighted by atomic mass is 79.9. The summed E-state index contributed by atoms with van der Waals surface area (Å²) in [5.74, 6) is 0.0391. The number of aromatic nitrogens is 1. The molecule has 5 heteroatoms. The summed E-state index contributed by atoms with van der Waals surface area (Å²) in [5.41, 5.74) is 3.21. The van der Waals surface area contributed by atoms with Gasteiger partial charge in [0.2, 0.25) is 5.91 Å². The molecule has 0 aliphatic carbocycles. The van der Waals surface area contributed by atoms with Gasteiger partial charge in [0.05, 0.1) is 6.54 Å². The second kappa shape index (κ2) is 6.26. The highest BCUT2D eigenvalue weighted by molar-refractivity contribution is 9.10. The Labute approximate surface area is 139 Å². The van der Waals surface area contributed by atoms with Crippen LogP contribution in [-0.2, 0) is 11.3 Å². The van der Waals surface area contributed by atoms with Crippen LogP contribution < -0.4 is 5.32 Å². The van der Waals surface area contributed by atoms with E-state index >= 15 is 0 Å². The lowest BCUT2D eigenvalue weighted by molar-refractivity contribution is -0.118. The molecule has 1 N–H and O–H groups in total. The molecule has 4 nitrogen and oxygen atoms in total. The van der Waals surface area contributed by atoms with Crippen molar-refractivity contribution in [2.24, 2.45) is 0 Å². The molecule has 0 bridgehead atoms. The number of carbonyl (C=O) groups excluding carboxylic acids is 1. The predicted molar refractivity (Wildman–Crippen MR) is 91.9 cm³/mol. The number of nitrogens with one attached hydrogen (secondary N) is 1. The summed E-state index contributed by atoms with van der Waals surface area (Å²) in [7, 11) is 0. The first kappa shape index (κ1) is 15.3. The number of benzene rings is 1. The third-order valence-corrected chi connectivity index (χ3v) is 4.77. The Kier molecular flexibility index (Phi) is 4.36. The molecule has 1 aromatic carbocycles. The average Bonchev–Trinajstić information content (AvgIpc) is 2.94. The zero-order valence-electron chi connectivity index (χ0n) is 12.8. The van der Waals surface area contributed by atoms with Gasteiger partial charge in [-0.1, -0.05) is 15.9 Å². The summed E-state index contributed by atoms with van der Waals surface area (Å²) < 4.78 is 3.28. The third-order valence-electron chi connectivity index (χ3n) is 4.28. The largest absolute Gasteiger partial charge is 0.349 e. The molecule has 0 fully saturated rings. The smallest absolute Gasteiger partial charge is 0.238 e. The highest BCUT2D eigenvalue weighted by Gasteiger charge is 2.25. The second-order valence-electron chi connectivity index (χ2n) is 5.78. The summed E-state index contributed by atoms with van der Waals surface area (Å²) in [5, 5.41) is 3.01. The van der Waals surface area contributed by atoms with E-state index in [9.17, 15) is 4.79 Å². The molecule has 3 rings (SSSR count). The average molecular weight is 362 g/mol. The Bertz CT molecular complexity index is 695. The Morgan fingerprint density at radius 1 is 1.36 bits per heavy atom. The molecule has 1 aliphatic heterocycles. The number of aryl methyl sites for hydroxylation is 1. The van der Waals surface area contributed by atoms with Crippen LogP contribution in [0, 0.1) is 6.92 Å². The normalized spacial score (nSPS) is 18.0. The molecule has 1 atom stereocenters. The summed E-state index contributed by atoms with van der Waals surface area (Å²) in [6.07, 6.45) is 2.11. The van der Waals surface area contributed by atoms with Crippen molar-refractivity contribution in [3.63, 3.8) is 0 Å². The summed E-state index contributed by atoms with van der Waals surface area (Å²) in [4.78, 5) is 14.6. The minimum Gasteiger partial charge on any atom is -0.349 e. The quantitative estimate of drug-likeness (QED) is 0.906. The van der Waals surface area contributed by atoms with Crippen molar-refractivity contribution in [1.29, 1.82) is 0 Å². The monoisotopic (exact) mass is 361 g/mol. The maximum atomic E-state index is 12.3. The van der Waals surface area contributed by atoms with Crippen LogP contribution in [0.4, 0.5) is 5.69 Å². The first-order chi connectivity index (χ1) is 10.5. The van der Waals surface area contributed by atoms with E-state index in [-0.39, 0.29) is 11.9 Å². The van der Waals surface area contributed by atoms with Gasteiger partial charge in [0, 0.05) is 41.2 Å². The fourth-order valence-electron chi connectivity index (χ4n) is 2.98. The van der Waals surface area contributed by atoms with E-state index in [4.69, 9.17) is 0 Å². The van der Waals surface area contributed by atoms with Crippen molar-refractivity contribution in [2.45, 2.75) is 26.4 Å². The minimum atomic E-state index is 0.0391. The lowest BCUT2D eigenvalue weighted by Crippen LogP contribution is -2.41. The van der Waals surface area contributed by atoms with E-state index in [1.54, 1.807) is 0 Å². The minimum absolute atomic E-state index is 0.0391. The molecular formula is C17H20BrN3O. The number of fused-ring (bicyclic) bond motifs is 1. The number of amides is 1. The van der Waals surface area contributed by atoms with Gasteiger partial charge < -0.3 is 9.88 Å². The zero-order valence-corrected chi connectivity index (χ0v) is 14.4. The first-order valence-corrected chi connectivity index (χ1v) is 8.29. The number of halogens is 1. The number of anilines is 1. The van der Waals surface area contributed by atoms with E-state index < -0.39 is 0 Å². The predicted octanol–water partition coefficient (Wildman–Crippen LogP) is 3.57. The van der Waals surface area contributed by atoms with Crippen LogP contribution in [0.15, 0.2) is 41.0 Å². The summed E-state index contributed by atoms with van der Waals surface area (Å²) in [6.45, 7) is 6.41. The van der Waals surface area contributed by atoms with Crippen LogP contribution in [0.1, 0.15) is 24.2 Å². The highest BCUT2D eigenvalue weighted by Crippen LogP contribution is 2.25. The Hall–Kier alpha value is -1.59. The number of nitrogens with zero attached hydrogens (tertiary/aromatic N) is 2. The van der Waals surface area contributed by atoms with Crippen LogP contribution in [-0.4, -0.2) is 28.5 Å². The van der Waals surface area contributed by atoms with E-state index in [2.05, 4.69) is 56.0 Å². The molecule has 1 aliphatic rings. The van der Waals surface area contributed by atoms with Crippen LogP contribution in [0.25, 0.3) is 0 Å². The topological polar surface area (TPSA) is 37.3 Å². The molecule has 2 aromatic rings. The van der Waals surface area contributed by atoms with Crippen molar-refractivity contribution in [3.05, 3.63) is 52.3 Å². The van der Waals surface area contributed by atoms with Crippen LogP contribution >= 0.6 is 15.9 Å². The van der Waals surface area contributed by atoms with E-state index in [1.807, 2.05) is 25.1 Å².